The second-order valence-electron chi connectivity index (χ2n) is 6.69. The monoisotopic (exact) mass is 349 g/mol. The Bertz CT molecular complexity index is 833. The zero-order valence-electron chi connectivity index (χ0n) is 14.7. The van der Waals surface area contributed by atoms with Gasteiger partial charge in [0.05, 0.1) is 5.69 Å². The van der Waals surface area contributed by atoms with Crippen LogP contribution in [0, 0.1) is 5.92 Å². The zero-order chi connectivity index (χ0) is 17.6. The Balaban J connectivity index is 1.25. The predicted octanol–water partition coefficient (Wildman–Crippen LogP) is 2.60. The second kappa shape index (κ2) is 8.10. The number of hydrogen-bond donors (Lipinski definition) is 1. The number of nitrogens with one attached hydrogen (secondary N) is 1. The van der Waals surface area contributed by atoms with Gasteiger partial charge in [-0.25, -0.2) is 0 Å². The van der Waals surface area contributed by atoms with E-state index in [4.69, 9.17) is 4.74 Å². The smallest absolute Gasteiger partial charge is 0.132 e. The van der Waals surface area contributed by atoms with Crippen LogP contribution in [-0.4, -0.2) is 26.3 Å². The Morgan fingerprint density at radius 1 is 1.19 bits per heavy atom. The molecule has 0 fully saturated rings. The first-order chi connectivity index (χ1) is 12.9. The molecule has 0 aliphatic carbocycles. The number of aromatic nitrogens is 4. The molecule has 0 spiro atoms. The normalized spacial score (nSPS) is 16.2. The molecular weight excluding hydrogens is 326 g/mol. The van der Waals surface area contributed by atoms with Crippen LogP contribution in [0.3, 0.4) is 0 Å². The molecule has 6 nitrogen and oxygen atoms in total. The lowest BCUT2D eigenvalue weighted by Crippen LogP contribution is -2.29. The van der Waals surface area contributed by atoms with Crippen LogP contribution in [0.1, 0.15) is 23.5 Å². The fourth-order valence-electron chi connectivity index (χ4n) is 3.30. The molecule has 3 aromatic rings. The predicted molar refractivity (Wildman–Crippen MR) is 98.6 cm³/mol. The molecule has 1 aromatic carbocycles. The van der Waals surface area contributed by atoms with Crippen LogP contribution in [0.2, 0.25) is 0 Å². The van der Waals surface area contributed by atoms with Crippen molar-refractivity contribution in [1.82, 2.24) is 25.1 Å². The maximum Gasteiger partial charge on any atom is 0.132 e. The molecule has 1 atom stereocenters. The van der Waals surface area contributed by atoms with Gasteiger partial charge in [-0.1, -0.05) is 18.2 Å². The Hall–Kier alpha value is -2.73. The topological polar surface area (TPSA) is 64.9 Å². The standard InChI is InChI=1S/C20H23N5O/c1-2-9-22-18(5-1)14-26-19-6-3-4-16(10-19)11-21-12-17-7-8-20-24-23-15-25(20)13-17/h1-6,9-10,15,17,21H,7-8,11-14H2. The SMILES string of the molecule is c1ccc(COc2cccc(CNCC3CCc4nncn4C3)c2)nc1. The molecule has 2 aromatic heterocycles. The minimum Gasteiger partial charge on any atom is -0.487 e. The molecule has 0 saturated heterocycles. The van der Waals surface area contributed by atoms with Gasteiger partial charge in [-0.3, -0.25) is 4.98 Å². The molecular formula is C20H23N5O. The van der Waals surface area contributed by atoms with Crippen molar-refractivity contribution >= 4 is 0 Å². The third-order valence-electron chi connectivity index (χ3n) is 4.70. The molecule has 4 rings (SSSR count). The average molecular weight is 349 g/mol. The van der Waals surface area contributed by atoms with Crippen LogP contribution in [0.25, 0.3) is 0 Å². The minimum absolute atomic E-state index is 0.487. The van der Waals surface area contributed by atoms with Crippen molar-refractivity contribution in [2.75, 3.05) is 6.54 Å². The van der Waals surface area contributed by atoms with Gasteiger partial charge in [-0.2, -0.15) is 0 Å². The molecule has 3 heterocycles. The van der Waals surface area contributed by atoms with E-state index in [0.29, 0.717) is 12.5 Å². The Morgan fingerprint density at radius 2 is 2.19 bits per heavy atom. The van der Waals surface area contributed by atoms with Gasteiger partial charge in [0, 0.05) is 25.7 Å². The molecule has 1 aliphatic heterocycles. The molecule has 26 heavy (non-hydrogen) atoms. The van der Waals surface area contributed by atoms with Crippen molar-refractivity contribution in [1.29, 1.82) is 0 Å². The van der Waals surface area contributed by atoms with Gasteiger partial charge in [-0.05, 0) is 48.7 Å². The maximum absolute atomic E-state index is 5.85. The minimum atomic E-state index is 0.487. The molecule has 1 N–H and O–H groups in total. The first-order valence-corrected chi connectivity index (χ1v) is 9.06. The van der Waals surface area contributed by atoms with Crippen molar-refractivity contribution < 1.29 is 4.74 Å². The molecule has 0 bridgehead atoms. The fourth-order valence-corrected chi connectivity index (χ4v) is 3.30. The van der Waals surface area contributed by atoms with Crippen LogP contribution in [0.4, 0.5) is 0 Å². The zero-order valence-corrected chi connectivity index (χ0v) is 14.7. The quantitative estimate of drug-likeness (QED) is 0.710. The van der Waals surface area contributed by atoms with Gasteiger partial charge < -0.3 is 14.6 Å². The highest BCUT2D eigenvalue weighted by Gasteiger charge is 2.18. The van der Waals surface area contributed by atoms with E-state index >= 15 is 0 Å². The molecule has 0 radical (unpaired) electrons. The fraction of sp³-hybridized carbons (Fsp3) is 0.350. The number of pyridine rings is 1. The third-order valence-corrected chi connectivity index (χ3v) is 4.70. The number of hydrogen-bond acceptors (Lipinski definition) is 5. The lowest BCUT2D eigenvalue weighted by molar-refractivity contribution is 0.301. The van der Waals surface area contributed by atoms with Gasteiger partial charge in [0.2, 0.25) is 0 Å². The van der Waals surface area contributed by atoms with Crippen molar-refractivity contribution in [2.45, 2.75) is 32.5 Å². The highest BCUT2D eigenvalue weighted by Crippen LogP contribution is 2.18. The van der Waals surface area contributed by atoms with Gasteiger partial charge >= 0.3 is 0 Å². The molecule has 1 unspecified atom stereocenters. The van der Waals surface area contributed by atoms with E-state index in [9.17, 15) is 0 Å². The molecule has 134 valence electrons. The molecule has 0 saturated carbocycles. The number of ether oxygens (including phenoxy) is 1. The lowest BCUT2D eigenvalue weighted by Gasteiger charge is -2.23. The first kappa shape index (κ1) is 16.7. The maximum atomic E-state index is 5.85. The largest absolute Gasteiger partial charge is 0.487 e. The second-order valence-corrected chi connectivity index (χ2v) is 6.69. The van der Waals surface area contributed by atoms with E-state index in [2.05, 4.69) is 37.2 Å². The molecule has 0 amide bonds. The van der Waals surface area contributed by atoms with Crippen LogP contribution in [-0.2, 0) is 26.1 Å². The molecule has 1 aliphatic rings. The Kier molecular flexibility index (Phi) is 5.21. The van der Waals surface area contributed by atoms with Crippen molar-refractivity contribution in [3.05, 3.63) is 72.1 Å². The summed E-state index contributed by atoms with van der Waals surface area (Å²) in [6.45, 7) is 3.33. The van der Waals surface area contributed by atoms with E-state index in [-0.39, 0.29) is 0 Å². The van der Waals surface area contributed by atoms with Gasteiger partial charge in [0.1, 0.15) is 24.5 Å². The number of aryl methyl sites for hydroxylation is 1. The number of rotatable bonds is 7. The van der Waals surface area contributed by atoms with Gasteiger partial charge in [0.25, 0.3) is 0 Å². The Labute approximate surface area is 153 Å². The summed E-state index contributed by atoms with van der Waals surface area (Å²) >= 11 is 0. The van der Waals surface area contributed by atoms with Crippen molar-refractivity contribution in [2.24, 2.45) is 5.92 Å². The van der Waals surface area contributed by atoms with E-state index < -0.39 is 0 Å². The highest BCUT2D eigenvalue weighted by atomic mass is 16.5. The summed E-state index contributed by atoms with van der Waals surface area (Å²) in [4.78, 5) is 4.28. The van der Waals surface area contributed by atoms with Gasteiger partial charge in [0.15, 0.2) is 0 Å². The summed E-state index contributed by atoms with van der Waals surface area (Å²) in [6, 6.07) is 14.1. The third kappa shape index (κ3) is 4.26. The number of nitrogens with zero attached hydrogens (tertiary/aromatic N) is 4. The number of fused-ring (bicyclic) bond motifs is 1. The summed E-state index contributed by atoms with van der Waals surface area (Å²) in [5, 5.41) is 11.7. The van der Waals surface area contributed by atoms with Crippen LogP contribution in [0.5, 0.6) is 5.75 Å². The summed E-state index contributed by atoms with van der Waals surface area (Å²) in [5.74, 6) is 2.61. The Morgan fingerprint density at radius 3 is 3.12 bits per heavy atom. The molecule has 6 heteroatoms. The summed E-state index contributed by atoms with van der Waals surface area (Å²) in [7, 11) is 0. The van der Waals surface area contributed by atoms with Gasteiger partial charge in [-0.15, -0.1) is 10.2 Å². The summed E-state index contributed by atoms with van der Waals surface area (Å²) in [6.07, 6.45) is 5.80. The summed E-state index contributed by atoms with van der Waals surface area (Å²) in [5.41, 5.74) is 2.16. The van der Waals surface area contributed by atoms with Crippen LogP contribution >= 0.6 is 0 Å². The van der Waals surface area contributed by atoms with Crippen molar-refractivity contribution in [3.63, 3.8) is 0 Å². The van der Waals surface area contributed by atoms with Crippen LogP contribution in [0.15, 0.2) is 55.0 Å². The van der Waals surface area contributed by atoms with E-state index in [1.807, 2.05) is 36.7 Å². The van der Waals surface area contributed by atoms with E-state index in [0.717, 1.165) is 43.3 Å². The van der Waals surface area contributed by atoms with E-state index in [1.165, 1.54) is 12.0 Å². The van der Waals surface area contributed by atoms with E-state index in [1.54, 1.807) is 6.20 Å². The first-order valence-electron chi connectivity index (χ1n) is 9.06. The number of benzene rings is 1. The lowest BCUT2D eigenvalue weighted by atomic mass is 9.99. The van der Waals surface area contributed by atoms with Crippen LogP contribution < -0.4 is 10.1 Å². The summed E-state index contributed by atoms with van der Waals surface area (Å²) < 4.78 is 8.02. The van der Waals surface area contributed by atoms with Crippen molar-refractivity contribution in [3.8, 4) is 5.75 Å². The highest BCUT2D eigenvalue weighted by molar-refractivity contribution is 5.28. The average Bonchev–Trinajstić information content (AvgIpc) is 3.15.